The summed E-state index contributed by atoms with van der Waals surface area (Å²) in [6, 6.07) is 9.55. The van der Waals surface area contributed by atoms with Gasteiger partial charge in [0.15, 0.2) is 6.61 Å². The number of nitrogens with one attached hydrogen (secondary N) is 2. The fraction of sp³-hybridized carbons (Fsp3) is 0.500. The Morgan fingerprint density at radius 1 is 1.09 bits per heavy atom. The van der Waals surface area contributed by atoms with Crippen LogP contribution in [0.15, 0.2) is 30.3 Å². The quantitative estimate of drug-likeness (QED) is 0.791. The van der Waals surface area contributed by atoms with Crippen molar-refractivity contribution in [1.82, 2.24) is 10.8 Å². The van der Waals surface area contributed by atoms with E-state index in [1.165, 1.54) is 6.42 Å². The minimum absolute atomic E-state index is 0.157. The van der Waals surface area contributed by atoms with E-state index in [1.54, 1.807) is 0 Å². The number of carbonyl (C=O) groups excluding carboxylic acids is 2. The van der Waals surface area contributed by atoms with Gasteiger partial charge in [0.25, 0.3) is 0 Å². The predicted octanol–water partition coefficient (Wildman–Crippen LogP) is 2.29. The SMILES string of the molecule is O=C(CONC(=O)OCc1ccccc1)NC1CCCCC1. The molecular formula is C16H22N2O4. The van der Waals surface area contributed by atoms with Crippen molar-refractivity contribution >= 4 is 12.0 Å². The molecule has 120 valence electrons. The summed E-state index contributed by atoms with van der Waals surface area (Å²) in [6.45, 7) is -0.0543. The highest BCUT2D eigenvalue weighted by Gasteiger charge is 2.15. The Morgan fingerprint density at radius 3 is 2.55 bits per heavy atom. The molecule has 0 bridgehead atoms. The molecule has 0 saturated heterocycles. The van der Waals surface area contributed by atoms with Crippen molar-refractivity contribution in [2.24, 2.45) is 0 Å². The van der Waals surface area contributed by atoms with Gasteiger partial charge in [-0.2, -0.15) is 5.48 Å². The Morgan fingerprint density at radius 2 is 1.82 bits per heavy atom. The second-order valence-electron chi connectivity index (χ2n) is 5.35. The van der Waals surface area contributed by atoms with E-state index in [-0.39, 0.29) is 25.2 Å². The first kappa shape index (κ1) is 16.3. The third-order valence-electron chi connectivity index (χ3n) is 3.54. The molecule has 2 rings (SSSR count). The van der Waals surface area contributed by atoms with Gasteiger partial charge in [-0.25, -0.2) is 4.79 Å². The zero-order valence-electron chi connectivity index (χ0n) is 12.5. The van der Waals surface area contributed by atoms with E-state index in [4.69, 9.17) is 9.57 Å². The van der Waals surface area contributed by atoms with Gasteiger partial charge < -0.3 is 10.1 Å². The first-order valence-electron chi connectivity index (χ1n) is 7.62. The van der Waals surface area contributed by atoms with Gasteiger partial charge in [-0.3, -0.25) is 9.63 Å². The summed E-state index contributed by atoms with van der Waals surface area (Å²) >= 11 is 0. The number of rotatable bonds is 6. The molecule has 0 atom stereocenters. The van der Waals surface area contributed by atoms with Crippen LogP contribution in [0.25, 0.3) is 0 Å². The fourth-order valence-electron chi connectivity index (χ4n) is 2.43. The first-order valence-corrected chi connectivity index (χ1v) is 7.62. The van der Waals surface area contributed by atoms with E-state index >= 15 is 0 Å². The van der Waals surface area contributed by atoms with Gasteiger partial charge in [0.1, 0.15) is 6.61 Å². The molecule has 22 heavy (non-hydrogen) atoms. The molecule has 2 N–H and O–H groups in total. The molecule has 1 fully saturated rings. The molecular weight excluding hydrogens is 284 g/mol. The van der Waals surface area contributed by atoms with Crippen LogP contribution in [0, 0.1) is 0 Å². The number of hydrogen-bond donors (Lipinski definition) is 2. The monoisotopic (exact) mass is 306 g/mol. The van der Waals surface area contributed by atoms with Crippen LogP contribution in [0.1, 0.15) is 37.7 Å². The van der Waals surface area contributed by atoms with Crippen LogP contribution in [0.3, 0.4) is 0 Å². The number of ether oxygens (including phenoxy) is 1. The predicted molar refractivity (Wildman–Crippen MR) is 80.7 cm³/mol. The minimum atomic E-state index is -0.714. The Bertz CT molecular complexity index is 472. The zero-order chi connectivity index (χ0) is 15.6. The molecule has 1 aromatic rings. The van der Waals surface area contributed by atoms with Crippen molar-refractivity contribution in [1.29, 1.82) is 0 Å². The molecule has 6 nitrogen and oxygen atoms in total. The van der Waals surface area contributed by atoms with Crippen LogP contribution in [0.2, 0.25) is 0 Å². The van der Waals surface area contributed by atoms with E-state index < -0.39 is 6.09 Å². The number of carbonyl (C=O) groups is 2. The summed E-state index contributed by atoms with van der Waals surface area (Å²) < 4.78 is 4.95. The van der Waals surface area contributed by atoms with Gasteiger partial charge >= 0.3 is 6.09 Å². The lowest BCUT2D eigenvalue weighted by atomic mass is 9.95. The molecule has 0 radical (unpaired) electrons. The highest BCUT2D eigenvalue weighted by Crippen LogP contribution is 2.17. The summed E-state index contributed by atoms with van der Waals surface area (Å²) in [6.07, 6.45) is 4.84. The lowest BCUT2D eigenvalue weighted by Crippen LogP contribution is -2.40. The highest BCUT2D eigenvalue weighted by atomic mass is 16.7. The topological polar surface area (TPSA) is 76.7 Å². The van der Waals surface area contributed by atoms with E-state index in [0.717, 1.165) is 31.2 Å². The zero-order valence-corrected chi connectivity index (χ0v) is 12.5. The first-order chi connectivity index (χ1) is 10.7. The molecule has 1 aliphatic carbocycles. The van der Waals surface area contributed by atoms with Gasteiger partial charge in [0.2, 0.25) is 5.91 Å². The Hall–Kier alpha value is -2.08. The molecule has 0 unspecified atom stereocenters. The second-order valence-corrected chi connectivity index (χ2v) is 5.35. The minimum Gasteiger partial charge on any atom is -0.443 e. The number of hydrogen-bond acceptors (Lipinski definition) is 4. The fourth-order valence-corrected chi connectivity index (χ4v) is 2.43. The number of benzene rings is 1. The molecule has 0 aliphatic heterocycles. The van der Waals surface area contributed by atoms with Crippen molar-refractivity contribution in [2.75, 3.05) is 6.61 Å². The van der Waals surface area contributed by atoms with Crippen molar-refractivity contribution in [2.45, 2.75) is 44.8 Å². The van der Waals surface area contributed by atoms with Crippen molar-refractivity contribution in [3.8, 4) is 0 Å². The highest BCUT2D eigenvalue weighted by molar-refractivity contribution is 5.77. The third-order valence-corrected chi connectivity index (χ3v) is 3.54. The van der Waals surface area contributed by atoms with Crippen molar-refractivity contribution in [3.63, 3.8) is 0 Å². The normalized spacial score (nSPS) is 15.1. The molecule has 0 heterocycles. The van der Waals surface area contributed by atoms with Crippen LogP contribution in [0.4, 0.5) is 4.79 Å². The van der Waals surface area contributed by atoms with Gasteiger partial charge in [-0.05, 0) is 18.4 Å². The largest absolute Gasteiger partial charge is 0.443 e. The summed E-state index contributed by atoms with van der Waals surface area (Å²) in [4.78, 5) is 27.9. The van der Waals surface area contributed by atoms with E-state index in [9.17, 15) is 9.59 Å². The number of hydroxylamine groups is 1. The van der Waals surface area contributed by atoms with Gasteiger partial charge in [-0.1, -0.05) is 49.6 Å². The van der Waals surface area contributed by atoms with Crippen LogP contribution in [0.5, 0.6) is 0 Å². The standard InChI is InChI=1S/C16H22N2O4/c19-15(17-14-9-5-2-6-10-14)12-22-18-16(20)21-11-13-7-3-1-4-8-13/h1,3-4,7-8,14H,2,5-6,9-12H2,(H,17,19)(H,18,20). The van der Waals surface area contributed by atoms with Crippen LogP contribution >= 0.6 is 0 Å². The second kappa shape index (κ2) is 9.04. The van der Waals surface area contributed by atoms with Crippen molar-refractivity contribution in [3.05, 3.63) is 35.9 Å². The molecule has 2 amide bonds. The summed E-state index contributed by atoms with van der Waals surface area (Å²) in [5.41, 5.74) is 2.98. The molecule has 1 saturated carbocycles. The van der Waals surface area contributed by atoms with Crippen LogP contribution < -0.4 is 10.8 Å². The average molecular weight is 306 g/mol. The Kier molecular flexibility index (Phi) is 6.70. The lowest BCUT2D eigenvalue weighted by molar-refractivity contribution is -0.128. The average Bonchev–Trinajstić information content (AvgIpc) is 2.55. The smallest absolute Gasteiger partial charge is 0.431 e. The Labute approximate surface area is 130 Å². The van der Waals surface area contributed by atoms with E-state index in [1.807, 2.05) is 30.3 Å². The lowest BCUT2D eigenvalue weighted by Gasteiger charge is -2.22. The van der Waals surface area contributed by atoms with Gasteiger partial charge in [-0.15, -0.1) is 0 Å². The van der Waals surface area contributed by atoms with Gasteiger partial charge in [0, 0.05) is 6.04 Å². The maximum absolute atomic E-state index is 11.6. The maximum atomic E-state index is 11.6. The molecule has 1 aliphatic rings. The molecule has 0 spiro atoms. The maximum Gasteiger partial charge on any atom is 0.431 e. The van der Waals surface area contributed by atoms with E-state index in [0.29, 0.717) is 0 Å². The van der Waals surface area contributed by atoms with Crippen LogP contribution in [-0.2, 0) is 21.0 Å². The third kappa shape index (κ3) is 6.13. The molecule has 0 aromatic heterocycles. The summed E-state index contributed by atoms with van der Waals surface area (Å²) in [7, 11) is 0. The molecule has 6 heteroatoms. The van der Waals surface area contributed by atoms with Crippen molar-refractivity contribution < 1.29 is 19.2 Å². The Balaban J connectivity index is 1.55. The number of amides is 2. The van der Waals surface area contributed by atoms with Crippen LogP contribution in [-0.4, -0.2) is 24.6 Å². The summed E-state index contributed by atoms with van der Waals surface area (Å²) in [5, 5.41) is 2.89. The van der Waals surface area contributed by atoms with Gasteiger partial charge in [0.05, 0.1) is 0 Å². The molecule has 1 aromatic carbocycles. The van der Waals surface area contributed by atoms with E-state index in [2.05, 4.69) is 10.8 Å². The summed E-state index contributed by atoms with van der Waals surface area (Å²) in [5.74, 6) is -0.227.